The molecule has 2 rings (SSSR count). The largest absolute Gasteiger partial charge is 0.478 e. The molecule has 1 amide bonds. The Morgan fingerprint density at radius 3 is 2.38 bits per heavy atom. The molecule has 0 saturated heterocycles. The van der Waals surface area contributed by atoms with Gasteiger partial charge in [-0.25, -0.2) is 4.79 Å². The molecule has 0 aliphatic carbocycles. The van der Waals surface area contributed by atoms with Crippen molar-refractivity contribution in [3.8, 4) is 0 Å². The maximum Gasteiger partial charge on any atom is 0.335 e. The molecule has 0 aliphatic rings. The van der Waals surface area contributed by atoms with Crippen LogP contribution in [0.25, 0.3) is 0 Å². The Kier molecular flexibility index (Phi) is 4.38. The Balaban J connectivity index is 2.20. The Bertz CT molecular complexity index is 665. The topological polar surface area (TPSA) is 66.4 Å². The monoisotopic (exact) mass is 283 g/mol. The zero-order valence-electron chi connectivity index (χ0n) is 12.0. The summed E-state index contributed by atoms with van der Waals surface area (Å²) in [6.07, 6.45) is 0. The standard InChI is InChI=1S/C17H17NO3/c1-11-8-9-14(17(20)21)10-15(11)18-16(19)12(2)13-6-4-3-5-7-13/h3-10,12H,1-2H3,(H,18,19)(H,20,21)/t12-/m1/s1. The van der Waals surface area contributed by atoms with Crippen LogP contribution in [0.2, 0.25) is 0 Å². The summed E-state index contributed by atoms with van der Waals surface area (Å²) in [4.78, 5) is 23.3. The van der Waals surface area contributed by atoms with E-state index in [1.54, 1.807) is 6.07 Å². The van der Waals surface area contributed by atoms with Crippen molar-refractivity contribution in [2.45, 2.75) is 19.8 Å². The van der Waals surface area contributed by atoms with Gasteiger partial charge >= 0.3 is 5.97 Å². The van der Waals surface area contributed by atoms with Crippen LogP contribution in [0.1, 0.15) is 34.3 Å². The van der Waals surface area contributed by atoms with Crippen molar-refractivity contribution >= 4 is 17.6 Å². The third-order valence-electron chi connectivity index (χ3n) is 3.44. The highest BCUT2D eigenvalue weighted by Gasteiger charge is 2.16. The number of hydrogen-bond donors (Lipinski definition) is 2. The van der Waals surface area contributed by atoms with E-state index >= 15 is 0 Å². The molecule has 0 bridgehead atoms. The van der Waals surface area contributed by atoms with Crippen LogP contribution in [-0.4, -0.2) is 17.0 Å². The van der Waals surface area contributed by atoms with E-state index in [-0.39, 0.29) is 17.4 Å². The SMILES string of the molecule is Cc1ccc(C(=O)O)cc1NC(=O)[C@H](C)c1ccccc1. The van der Waals surface area contributed by atoms with Crippen molar-refractivity contribution in [2.75, 3.05) is 5.32 Å². The minimum Gasteiger partial charge on any atom is -0.478 e. The zero-order chi connectivity index (χ0) is 15.4. The van der Waals surface area contributed by atoms with Crippen LogP contribution in [-0.2, 0) is 4.79 Å². The van der Waals surface area contributed by atoms with Crippen LogP contribution in [0.5, 0.6) is 0 Å². The molecule has 1 atom stereocenters. The number of hydrogen-bond acceptors (Lipinski definition) is 2. The predicted octanol–water partition coefficient (Wildman–Crippen LogP) is 3.44. The Morgan fingerprint density at radius 2 is 1.76 bits per heavy atom. The van der Waals surface area contributed by atoms with Crippen LogP contribution in [0.4, 0.5) is 5.69 Å². The van der Waals surface area contributed by atoms with Gasteiger partial charge in [-0.2, -0.15) is 0 Å². The fraction of sp³-hybridized carbons (Fsp3) is 0.176. The van der Waals surface area contributed by atoms with E-state index in [1.165, 1.54) is 12.1 Å². The van der Waals surface area contributed by atoms with E-state index in [2.05, 4.69) is 5.32 Å². The van der Waals surface area contributed by atoms with Gasteiger partial charge < -0.3 is 10.4 Å². The van der Waals surface area contributed by atoms with Gasteiger partial charge in [-0.3, -0.25) is 4.79 Å². The molecular formula is C17H17NO3. The third kappa shape index (κ3) is 3.48. The van der Waals surface area contributed by atoms with E-state index in [0.717, 1.165) is 11.1 Å². The summed E-state index contributed by atoms with van der Waals surface area (Å²) in [6.45, 7) is 3.65. The van der Waals surface area contributed by atoms with Crippen LogP contribution in [0.15, 0.2) is 48.5 Å². The lowest BCUT2D eigenvalue weighted by Crippen LogP contribution is -2.19. The molecule has 2 N–H and O–H groups in total. The van der Waals surface area contributed by atoms with Gasteiger partial charge in [0.05, 0.1) is 11.5 Å². The second-order valence-corrected chi connectivity index (χ2v) is 4.96. The van der Waals surface area contributed by atoms with Gasteiger partial charge in [0.1, 0.15) is 0 Å². The number of rotatable bonds is 4. The van der Waals surface area contributed by atoms with Crippen LogP contribution in [0.3, 0.4) is 0 Å². The average Bonchev–Trinajstić information content (AvgIpc) is 2.49. The highest BCUT2D eigenvalue weighted by molar-refractivity contribution is 5.97. The molecular weight excluding hydrogens is 266 g/mol. The second kappa shape index (κ2) is 6.22. The molecule has 0 fully saturated rings. The van der Waals surface area contributed by atoms with Crippen molar-refractivity contribution < 1.29 is 14.7 Å². The minimum absolute atomic E-state index is 0.156. The number of aromatic carboxylic acids is 1. The number of aryl methyl sites for hydroxylation is 1. The summed E-state index contributed by atoms with van der Waals surface area (Å²) in [5, 5.41) is 11.8. The third-order valence-corrected chi connectivity index (χ3v) is 3.44. The molecule has 4 heteroatoms. The molecule has 0 aliphatic heterocycles. The van der Waals surface area contributed by atoms with Crippen molar-refractivity contribution in [2.24, 2.45) is 0 Å². The molecule has 2 aromatic rings. The number of benzene rings is 2. The lowest BCUT2D eigenvalue weighted by molar-refractivity contribution is -0.117. The molecule has 0 spiro atoms. The maximum atomic E-state index is 12.3. The molecule has 0 saturated carbocycles. The fourth-order valence-electron chi connectivity index (χ4n) is 2.02. The first-order valence-electron chi connectivity index (χ1n) is 6.69. The van der Waals surface area contributed by atoms with Crippen LogP contribution in [0, 0.1) is 6.92 Å². The average molecular weight is 283 g/mol. The van der Waals surface area contributed by atoms with Gasteiger partial charge in [-0.05, 0) is 37.1 Å². The number of carbonyl (C=O) groups is 2. The molecule has 2 aromatic carbocycles. The van der Waals surface area contributed by atoms with Crippen molar-refractivity contribution in [3.05, 3.63) is 65.2 Å². The highest BCUT2D eigenvalue weighted by Crippen LogP contribution is 2.21. The molecule has 4 nitrogen and oxygen atoms in total. The Labute approximate surface area is 123 Å². The summed E-state index contributed by atoms with van der Waals surface area (Å²) in [5.41, 5.74) is 2.43. The van der Waals surface area contributed by atoms with Gasteiger partial charge in [-0.15, -0.1) is 0 Å². The van der Waals surface area contributed by atoms with E-state index in [9.17, 15) is 9.59 Å². The number of anilines is 1. The van der Waals surface area contributed by atoms with Gasteiger partial charge in [-0.1, -0.05) is 36.4 Å². The Morgan fingerprint density at radius 1 is 1.10 bits per heavy atom. The van der Waals surface area contributed by atoms with E-state index in [0.29, 0.717) is 5.69 Å². The molecule has 0 aromatic heterocycles. The number of nitrogens with one attached hydrogen (secondary N) is 1. The molecule has 0 unspecified atom stereocenters. The molecule has 21 heavy (non-hydrogen) atoms. The normalized spacial score (nSPS) is 11.7. The summed E-state index contributed by atoms with van der Waals surface area (Å²) >= 11 is 0. The number of carboxylic acid groups (broad SMARTS) is 1. The first kappa shape index (κ1) is 14.8. The van der Waals surface area contributed by atoms with Crippen molar-refractivity contribution in [3.63, 3.8) is 0 Å². The number of amides is 1. The second-order valence-electron chi connectivity index (χ2n) is 4.96. The van der Waals surface area contributed by atoms with E-state index in [1.807, 2.05) is 44.2 Å². The summed E-state index contributed by atoms with van der Waals surface area (Å²) in [5.74, 6) is -1.48. The van der Waals surface area contributed by atoms with Gasteiger partial charge in [0, 0.05) is 5.69 Å². The molecule has 0 heterocycles. The smallest absolute Gasteiger partial charge is 0.335 e. The zero-order valence-corrected chi connectivity index (χ0v) is 12.0. The number of carboxylic acids is 1. The lowest BCUT2D eigenvalue weighted by Gasteiger charge is -2.14. The summed E-state index contributed by atoms with van der Waals surface area (Å²) in [7, 11) is 0. The van der Waals surface area contributed by atoms with E-state index < -0.39 is 5.97 Å². The van der Waals surface area contributed by atoms with Crippen molar-refractivity contribution in [1.82, 2.24) is 0 Å². The quantitative estimate of drug-likeness (QED) is 0.903. The molecule has 0 radical (unpaired) electrons. The van der Waals surface area contributed by atoms with Gasteiger partial charge in [0.25, 0.3) is 0 Å². The fourth-order valence-corrected chi connectivity index (χ4v) is 2.02. The lowest BCUT2D eigenvalue weighted by atomic mass is 10.00. The van der Waals surface area contributed by atoms with Crippen LogP contribution < -0.4 is 5.32 Å². The summed E-state index contributed by atoms with van der Waals surface area (Å²) in [6, 6.07) is 14.1. The predicted molar refractivity (Wildman–Crippen MR) is 81.6 cm³/mol. The highest BCUT2D eigenvalue weighted by atomic mass is 16.4. The minimum atomic E-state index is -1.01. The molecule has 108 valence electrons. The van der Waals surface area contributed by atoms with Crippen molar-refractivity contribution in [1.29, 1.82) is 0 Å². The number of carbonyl (C=O) groups excluding carboxylic acids is 1. The van der Waals surface area contributed by atoms with Gasteiger partial charge in [0.2, 0.25) is 5.91 Å². The summed E-state index contributed by atoms with van der Waals surface area (Å²) < 4.78 is 0. The van der Waals surface area contributed by atoms with Crippen LogP contribution >= 0.6 is 0 Å². The van der Waals surface area contributed by atoms with Gasteiger partial charge in [0.15, 0.2) is 0 Å². The maximum absolute atomic E-state index is 12.3. The first-order chi connectivity index (χ1) is 9.99. The first-order valence-corrected chi connectivity index (χ1v) is 6.69. The van der Waals surface area contributed by atoms with E-state index in [4.69, 9.17) is 5.11 Å². The Hall–Kier alpha value is -2.62.